The Morgan fingerprint density at radius 1 is 1.30 bits per heavy atom. The van der Waals surface area contributed by atoms with Crippen molar-refractivity contribution in [2.45, 2.75) is 44.6 Å². The first kappa shape index (κ1) is 17.7. The van der Waals surface area contributed by atoms with E-state index in [0.29, 0.717) is 0 Å². The number of carbonyl (C=O) groups excluding carboxylic acids is 2. The maximum Gasteiger partial charge on any atom is 0.307 e. The van der Waals surface area contributed by atoms with Crippen molar-refractivity contribution >= 4 is 23.5 Å². The molecule has 1 fully saturated rings. The molecule has 2 rings (SSSR count). The van der Waals surface area contributed by atoms with Crippen molar-refractivity contribution in [1.29, 1.82) is 0 Å². The lowest BCUT2D eigenvalue weighted by Gasteiger charge is -2.34. The van der Waals surface area contributed by atoms with E-state index < -0.39 is 17.7 Å². The minimum atomic E-state index is -0.638. The third-order valence-electron chi connectivity index (χ3n) is 4.24. The number of hydrogen-bond acceptors (Lipinski definition) is 3. The van der Waals surface area contributed by atoms with Gasteiger partial charge in [0.1, 0.15) is 5.82 Å². The molecule has 0 N–H and O–H groups in total. The molecule has 4 nitrogen and oxygen atoms in total. The number of amides is 1. The molecule has 1 aliphatic rings. The van der Waals surface area contributed by atoms with Gasteiger partial charge in [0.25, 0.3) is 5.91 Å². The van der Waals surface area contributed by atoms with E-state index in [1.54, 1.807) is 4.90 Å². The van der Waals surface area contributed by atoms with E-state index in [1.807, 2.05) is 0 Å². The molecule has 1 amide bonds. The summed E-state index contributed by atoms with van der Waals surface area (Å²) in [6.07, 6.45) is 4.99. The molecule has 0 radical (unpaired) electrons. The van der Waals surface area contributed by atoms with E-state index in [-0.39, 0.29) is 29.6 Å². The van der Waals surface area contributed by atoms with Gasteiger partial charge in [0.15, 0.2) is 0 Å². The van der Waals surface area contributed by atoms with Crippen LogP contribution in [0.4, 0.5) is 4.39 Å². The fraction of sp³-hybridized carbons (Fsp3) is 0.529. The smallest absolute Gasteiger partial charge is 0.307 e. The fourth-order valence-electron chi connectivity index (χ4n) is 3.00. The SMILES string of the molecule is COC(=O)CCN(C(=O)c1c(F)cccc1Cl)C1CCCCC1. The zero-order valence-corrected chi connectivity index (χ0v) is 13.9. The van der Waals surface area contributed by atoms with Gasteiger partial charge in [-0.05, 0) is 25.0 Å². The topological polar surface area (TPSA) is 46.6 Å². The highest BCUT2D eigenvalue weighted by Crippen LogP contribution is 2.27. The summed E-state index contributed by atoms with van der Waals surface area (Å²) in [7, 11) is 1.31. The molecule has 1 aliphatic carbocycles. The number of nitrogens with zero attached hydrogens (tertiary/aromatic N) is 1. The molecule has 0 heterocycles. The largest absolute Gasteiger partial charge is 0.469 e. The van der Waals surface area contributed by atoms with Gasteiger partial charge < -0.3 is 9.64 Å². The molecule has 1 aromatic rings. The third kappa shape index (κ3) is 4.44. The minimum Gasteiger partial charge on any atom is -0.469 e. The Balaban J connectivity index is 2.24. The van der Waals surface area contributed by atoms with E-state index >= 15 is 0 Å². The number of methoxy groups -OCH3 is 1. The second-order valence-corrected chi connectivity index (χ2v) is 6.12. The first-order valence-corrected chi connectivity index (χ1v) is 8.24. The van der Waals surface area contributed by atoms with E-state index in [2.05, 4.69) is 4.74 Å². The monoisotopic (exact) mass is 341 g/mol. The maximum atomic E-state index is 14.1. The Morgan fingerprint density at radius 2 is 2.00 bits per heavy atom. The van der Waals surface area contributed by atoms with Crippen LogP contribution < -0.4 is 0 Å². The molecule has 0 bridgehead atoms. The lowest BCUT2D eigenvalue weighted by molar-refractivity contribution is -0.140. The van der Waals surface area contributed by atoms with Gasteiger partial charge >= 0.3 is 5.97 Å². The van der Waals surface area contributed by atoms with Gasteiger partial charge in [0.2, 0.25) is 0 Å². The molecule has 0 aromatic heterocycles. The number of esters is 1. The molecule has 23 heavy (non-hydrogen) atoms. The number of halogens is 2. The number of ether oxygens (including phenoxy) is 1. The van der Waals surface area contributed by atoms with Gasteiger partial charge in [-0.15, -0.1) is 0 Å². The molecular weight excluding hydrogens is 321 g/mol. The molecule has 0 spiro atoms. The second kappa shape index (κ2) is 8.29. The Kier molecular flexibility index (Phi) is 6.39. The summed E-state index contributed by atoms with van der Waals surface area (Å²) in [6, 6.07) is 4.19. The number of rotatable bonds is 5. The predicted molar refractivity (Wildman–Crippen MR) is 86.0 cm³/mol. The van der Waals surface area contributed by atoms with Crippen LogP contribution in [0.3, 0.4) is 0 Å². The van der Waals surface area contributed by atoms with Crippen molar-refractivity contribution in [3.8, 4) is 0 Å². The molecule has 1 saturated carbocycles. The second-order valence-electron chi connectivity index (χ2n) is 5.71. The van der Waals surface area contributed by atoms with E-state index in [4.69, 9.17) is 11.6 Å². The van der Waals surface area contributed by atoms with E-state index in [0.717, 1.165) is 32.1 Å². The molecule has 0 saturated heterocycles. The molecule has 126 valence electrons. The van der Waals surface area contributed by atoms with Crippen LogP contribution in [0, 0.1) is 5.82 Å². The molecular formula is C17H21ClFNO3. The van der Waals surface area contributed by atoms with Crippen molar-refractivity contribution in [2.24, 2.45) is 0 Å². The Labute approximate surface area is 140 Å². The first-order chi connectivity index (χ1) is 11.0. The van der Waals surface area contributed by atoms with Gasteiger partial charge in [0, 0.05) is 12.6 Å². The molecule has 0 unspecified atom stereocenters. The minimum absolute atomic E-state index is 0.0107. The predicted octanol–water partition coefficient (Wildman–Crippen LogP) is 3.82. The zero-order valence-electron chi connectivity index (χ0n) is 13.2. The summed E-state index contributed by atoms with van der Waals surface area (Å²) in [5, 5.41) is 0.0916. The molecule has 6 heteroatoms. The number of benzene rings is 1. The summed E-state index contributed by atoms with van der Waals surface area (Å²) in [5.74, 6) is -1.48. The van der Waals surface area contributed by atoms with Gasteiger partial charge in [0.05, 0.1) is 24.1 Å². The van der Waals surface area contributed by atoms with Crippen molar-refractivity contribution < 1.29 is 18.7 Å². The van der Waals surface area contributed by atoms with Crippen LogP contribution in [0.15, 0.2) is 18.2 Å². The Bertz CT molecular complexity index is 553. The average Bonchev–Trinajstić information content (AvgIpc) is 2.55. The van der Waals surface area contributed by atoms with Gasteiger partial charge in [-0.25, -0.2) is 4.39 Å². The van der Waals surface area contributed by atoms with Crippen LogP contribution in [0.2, 0.25) is 5.02 Å². The van der Waals surface area contributed by atoms with Crippen LogP contribution in [0.1, 0.15) is 48.9 Å². The van der Waals surface area contributed by atoms with Crippen LogP contribution in [-0.2, 0) is 9.53 Å². The Hall–Kier alpha value is -1.62. The molecule has 1 aromatic carbocycles. The third-order valence-corrected chi connectivity index (χ3v) is 4.55. The van der Waals surface area contributed by atoms with Crippen LogP contribution in [0.25, 0.3) is 0 Å². The number of hydrogen-bond donors (Lipinski definition) is 0. The van der Waals surface area contributed by atoms with Crippen LogP contribution in [-0.4, -0.2) is 36.5 Å². The lowest BCUT2D eigenvalue weighted by Crippen LogP contribution is -2.43. The normalized spacial score (nSPS) is 15.3. The van der Waals surface area contributed by atoms with E-state index in [9.17, 15) is 14.0 Å². The molecule has 0 atom stereocenters. The highest BCUT2D eigenvalue weighted by Gasteiger charge is 2.29. The van der Waals surface area contributed by atoms with Crippen molar-refractivity contribution in [3.63, 3.8) is 0 Å². The highest BCUT2D eigenvalue weighted by atomic mass is 35.5. The zero-order chi connectivity index (χ0) is 16.8. The van der Waals surface area contributed by atoms with Crippen LogP contribution >= 0.6 is 11.6 Å². The maximum absolute atomic E-state index is 14.1. The van der Waals surface area contributed by atoms with Crippen molar-refractivity contribution in [2.75, 3.05) is 13.7 Å². The van der Waals surface area contributed by atoms with Gasteiger partial charge in [-0.3, -0.25) is 9.59 Å². The first-order valence-electron chi connectivity index (χ1n) is 7.86. The Morgan fingerprint density at radius 3 is 2.61 bits per heavy atom. The number of carbonyl (C=O) groups is 2. The summed E-state index contributed by atoms with van der Waals surface area (Å²) in [6.45, 7) is 0.209. The van der Waals surface area contributed by atoms with Gasteiger partial charge in [-0.1, -0.05) is 36.9 Å². The summed E-state index contributed by atoms with van der Waals surface area (Å²) >= 11 is 6.02. The quantitative estimate of drug-likeness (QED) is 0.765. The highest BCUT2D eigenvalue weighted by molar-refractivity contribution is 6.33. The molecule has 0 aliphatic heterocycles. The van der Waals surface area contributed by atoms with Crippen molar-refractivity contribution in [3.05, 3.63) is 34.6 Å². The van der Waals surface area contributed by atoms with Crippen molar-refractivity contribution in [1.82, 2.24) is 4.90 Å². The standard InChI is InChI=1S/C17H21ClFNO3/c1-23-15(21)10-11-20(12-6-3-2-4-7-12)17(22)16-13(18)8-5-9-14(16)19/h5,8-9,12H,2-4,6-7,10-11H2,1H3. The summed E-state index contributed by atoms with van der Waals surface area (Å²) in [4.78, 5) is 25.9. The summed E-state index contributed by atoms with van der Waals surface area (Å²) in [5.41, 5.74) is -0.121. The lowest BCUT2D eigenvalue weighted by atomic mass is 9.93. The average molecular weight is 342 g/mol. The van der Waals surface area contributed by atoms with Crippen LogP contribution in [0.5, 0.6) is 0 Å². The summed E-state index contributed by atoms with van der Waals surface area (Å²) < 4.78 is 18.7. The van der Waals surface area contributed by atoms with E-state index in [1.165, 1.54) is 25.3 Å². The van der Waals surface area contributed by atoms with Gasteiger partial charge in [-0.2, -0.15) is 0 Å². The fourth-order valence-corrected chi connectivity index (χ4v) is 3.25.